The summed E-state index contributed by atoms with van der Waals surface area (Å²) in [5.41, 5.74) is 0. The molecule has 4 heteroatoms. The van der Waals surface area contributed by atoms with Crippen molar-refractivity contribution in [1.29, 1.82) is 0 Å². The second-order valence-corrected chi connectivity index (χ2v) is 2.65. The van der Waals surface area contributed by atoms with Gasteiger partial charge in [-0.3, -0.25) is 10.1 Å². The number of hydrogen-bond acceptors (Lipinski definition) is 3. The number of thioether (sulfide) groups is 1. The zero-order valence-electron chi connectivity index (χ0n) is 4.79. The zero-order valence-corrected chi connectivity index (χ0v) is 5.61. The van der Waals surface area contributed by atoms with Crippen LogP contribution in [0.2, 0.25) is 0 Å². The monoisotopic (exact) mass is 135 g/mol. The Morgan fingerprint density at radius 3 is 2.75 bits per heavy atom. The number of nitrogens with zero attached hydrogens (tertiary/aromatic N) is 1. The van der Waals surface area contributed by atoms with E-state index in [-0.39, 0.29) is 11.5 Å². The van der Waals surface area contributed by atoms with Crippen LogP contribution in [-0.4, -0.2) is 23.0 Å². The van der Waals surface area contributed by atoms with Gasteiger partial charge in [-0.25, -0.2) is 0 Å². The number of hydrogen-bond donors (Lipinski definition) is 0. The van der Waals surface area contributed by atoms with Crippen LogP contribution in [0.15, 0.2) is 0 Å². The first kappa shape index (κ1) is 7.75. The van der Waals surface area contributed by atoms with Gasteiger partial charge in [0.25, 0.3) is 0 Å². The van der Waals surface area contributed by atoms with Crippen molar-refractivity contribution in [2.24, 2.45) is 0 Å². The van der Waals surface area contributed by atoms with E-state index in [4.69, 9.17) is 0 Å². The normalized spacial score (nSPS) is 9.12. The Hall–Kier alpha value is -0.250. The average molecular weight is 135 g/mol. The molecule has 0 unspecified atom stereocenters. The Labute approximate surface area is 52.6 Å². The van der Waals surface area contributed by atoms with Crippen LogP contribution in [0.4, 0.5) is 0 Å². The van der Waals surface area contributed by atoms with Gasteiger partial charge in [0.2, 0.25) is 6.54 Å². The first-order valence-corrected chi connectivity index (χ1v) is 3.62. The molecule has 0 aliphatic heterocycles. The highest BCUT2D eigenvalue weighted by atomic mass is 32.2. The summed E-state index contributed by atoms with van der Waals surface area (Å²) < 4.78 is 0. The molecule has 0 amide bonds. The minimum absolute atomic E-state index is 0.0957. The summed E-state index contributed by atoms with van der Waals surface area (Å²) in [6.07, 6.45) is 0. The van der Waals surface area contributed by atoms with Crippen LogP contribution in [0.25, 0.3) is 0 Å². The van der Waals surface area contributed by atoms with Crippen LogP contribution in [0.5, 0.6) is 0 Å². The second kappa shape index (κ2) is 4.90. The van der Waals surface area contributed by atoms with E-state index in [9.17, 15) is 10.1 Å². The van der Waals surface area contributed by atoms with Crippen molar-refractivity contribution in [1.82, 2.24) is 0 Å². The predicted octanol–water partition coefficient (Wildman–Crippen LogP) is 1.02. The van der Waals surface area contributed by atoms with Crippen molar-refractivity contribution in [3.63, 3.8) is 0 Å². The summed E-state index contributed by atoms with van der Waals surface area (Å²) in [5.74, 6) is 1.61. The standard InChI is InChI=1S/C4H9NO2S/c1-2-8-4-3-5(6)7/h2-4H2,1H3. The van der Waals surface area contributed by atoms with E-state index in [2.05, 4.69) is 0 Å². The number of nitro groups is 1. The van der Waals surface area contributed by atoms with Gasteiger partial charge in [-0.05, 0) is 5.75 Å². The van der Waals surface area contributed by atoms with Gasteiger partial charge < -0.3 is 0 Å². The van der Waals surface area contributed by atoms with E-state index in [0.29, 0.717) is 5.75 Å². The highest BCUT2D eigenvalue weighted by Crippen LogP contribution is 1.95. The van der Waals surface area contributed by atoms with Gasteiger partial charge in [0.1, 0.15) is 0 Å². The molecule has 0 saturated heterocycles. The maximum Gasteiger partial charge on any atom is 0.212 e. The molecule has 48 valence electrons. The molecule has 0 rings (SSSR count). The summed E-state index contributed by atoms with van der Waals surface area (Å²) >= 11 is 1.59. The molecule has 0 aliphatic rings. The fourth-order valence-electron chi connectivity index (χ4n) is 0.283. The van der Waals surface area contributed by atoms with Gasteiger partial charge in [-0.2, -0.15) is 11.8 Å². The Morgan fingerprint density at radius 2 is 2.38 bits per heavy atom. The largest absolute Gasteiger partial charge is 0.265 e. The lowest BCUT2D eigenvalue weighted by Gasteiger charge is -1.89. The minimum Gasteiger partial charge on any atom is -0.265 e. The molecule has 0 spiro atoms. The third-order valence-electron chi connectivity index (χ3n) is 0.622. The Balaban J connectivity index is 2.82. The van der Waals surface area contributed by atoms with Crippen molar-refractivity contribution in [2.75, 3.05) is 18.1 Å². The summed E-state index contributed by atoms with van der Waals surface area (Å²) in [5, 5.41) is 9.67. The lowest BCUT2D eigenvalue weighted by molar-refractivity contribution is -0.474. The van der Waals surface area contributed by atoms with Crippen LogP contribution in [0.3, 0.4) is 0 Å². The molecule has 0 saturated carbocycles. The smallest absolute Gasteiger partial charge is 0.212 e. The molecule has 0 heterocycles. The summed E-state index contributed by atoms with van der Waals surface area (Å²) in [7, 11) is 0. The van der Waals surface area contributed by atoms with Crippen LogP contribution >= 0.6 is 11.8 Å². The lowest BCUT2D eigenvalue weighted by Crippen LogP contribution is -2.02. The van der Waals surface area contributed by atoms with Crippen molar-refractivity contribution < 1.29 is 4.92 Å². The lowest BCUT2D eigenvalue weighted by atomic mass is 10.8. The maximum absolute atomic E-state index is 9.67. The third-order valence-corrected chi connectivity index (χ3v) is 1.50. The van der Waals surface area contributed by atoms with Crippen molar-refractivity contribution >= 4 is 11.8 Å². The topological polar surface area (TPSA) is 43.1 Å². The highest BCUT2D eigenvalue weighted by molar-refractivity contribution is 7.99. The highest BCUT2D eigenvalue weighted by Gasteiger charge is 1.92. The minimum atomic E-state index is -0.289. The van der Waals surface area contributed by atoms with E-state index < -0.39 is 0 Å². The van der Waals surface area contributed by atoms with E-state index in [0.717, 1.165) is 5.75 Å². The molecule has 0 radical (unpaired) electrons. The van der Waals surface area contributed by atoms with E-state index in [1.807, 2.05) is 6.92 Å². The SMILES string of the molecule is CCSCC[N+](=O)[O-]. The maximum atomic E-state index is 9.67. The molecule has 0 aromatic rings. The number of rotatable bonds is 4. The molecule has 8 heavy (non-hydrogen) atoms. The Kier molecular flexibility index (Phi) is 4.75. The van der Waals surface area contributed by atoms with E-state index in [1.165, 1.54) is 0 Å². The molecule has 0 aromatic carbocycles. The molecule has 0 fully saturated rings. The molecule has 3 nitrogen and oxygen atoms in total. The van der Waals surface area contributed by atoms with Crippen LogP contribution in [-0.2, 0) is 0 Å². The molecular formula is C4H9NO2S. The molecular weight excluding hydrogens is 126 g/mol. The molecule has 0 aliphatic carbocycles. The Bertz CT molecular complexity index is 76.4. The summed E-state index contributed by atoms with van der Waals surface area (Å²) in [6, 6.07) is 0. The molecule has 0 aromatic heterocycles. The average Bonchev–Trinajstić information content (AvgIpc) is 1.66. The van der Waals surface area contributed by atoms with Gasteiger partial charge in [0, 0.05) is 4.92 Å². The zero-order chi connectivity index (χ0) is 6.41. The van der Waals surface area contributed by atoms with Crippen LogP contribution < -0.4 is 0 Å². The molecule has 0 atom stereocenters. The van der Waals surface area contributed by atoms with Gasteiger partial charge in [0.15, 0.2) is 0 Å². The fourth-order valence-corrected chi connectivity index (χ4v) is 0.850. The summed E-state index contributed by atoms with van der Waals surface area (Å²) in [6.45, 7) is 2.09. The van der Waals surface area contributed by atoms with Gasteiger partial charge in [-0.1, -0.05) is 6.92 Å². The molecule has 0 bridgehead atoms. The van der Waals surface area contributed by atoms with Crippen molar-refractivity contribution in [3.8, 4) is 0 Å². The van der Waals surface area contributed by atoms with E-state index >= 15 is 0 Å². The van der Waals surface area contributed by atoms with Crippen LogP contribution in [0, 0.1) is 10.1 Å². The predicted molar refractivity (Wildman–Crippen MR) is 34.9 cm³/mol. The van der Waals surface area contributed by atoms with Crippen molar-refractivity contribution in [3.05, 3.63) is 10.1 Å². The Morgan fingerprint density at radius 1 is 1.75 bits per heavy atom. The quantitative estimate of drug-likeness (QED) is 0.328. The van der Waals surface area contributed by atoms with E-state index in [1.54, 1.807) is 11.8 Å². The first-order valence-electron chi connectivity index (χ1n) is 2.47. The second-order valence-electron chi connectivity index (χ2n) is 1.25. The summed E-state index contributed by atoms with van der Waals surface area (Å²) in [4.78, 5) is 9.38. The third kappa shape index (κ3) is 5.75. The molecule has 0 N–H and O–H groups in total. The first-order chi connectivity index (χ1) is 3.77. The fraction of sp³-hybridized carbons (Fsp3) is 1.00. The van der Waals surface area contributed by atoms with Gasteiger partial charge in [0.05, 0.1) is 5.75 Å². The van der Waals surface area contributed by atoms with Gasteiger partial charge >= 0.3 is 0 Å². The van der Waals surface area contributed by atoms with Crippen LogP contribution in [0.1, 0.15) is 6.92 Å². The van der Waals surface area contributed by atoms with Gasteiger partial charge in [-0.15, -0.1) is 0 Å². The van der Waals surface area contributed by atoms with Crippen molar-refractivity contribution in [2.45, 2.75) is 6.92 Å².